The highest BCUT2D eigenvalue weighted by molar-refractivity contribution is 6.10. The largest absolute Gasteiger partial charge is 0.296 e. The van der Waals surface area contributed by atoms with E-state index in [1.165, 1.54) is 12.1 Å². The van der Waals surface area contributed by atoms with Gasteiger partial charge in [0.05, 0.1) is 16.9 Å². The van der Waals surface area contributed by atoms with Crippen LogP contribution in [0.3, 0.4) is 0 Å². The molecule has 1 aromatic rings. The van der Waals surface area contributed by atoms with Crippen molar-refractivity contribution in [2.75, 3.05) is 0 Å². The third-order valence-corrected chi connectivity index (χ3v) is 1.98. The van der Waals surface area contributed by atoms with Crippen LogP contribution in [-0.2, 0) is 4.79 Å². The Morgan fingerprint density at radius 3 is 2.41 bits per heavy atom. The molecule has 1 aromatic carbocycles. The maximum absolute atomic E-state index is 11.9. The Morgan fingerprint density at radius 1 is 1.29 bits per heavy atom. The van der Waals surface area contributed by atoms with Gasteiger partial charge in [0.1, 0.15) is 0 Å². The summed E-state index contributed by atoms with van der Waals surface area (Å²) in [6.45, 7) is 0. The zero-order chi connectivity index (χ0) is 13.0. The molecule has 0 atom stereocenters. The summed E-state index contributed by atoms with van der Waals surface area (Å²) >= 11 is 0. The SMILES string of the molecule is O=C(CC(=O)C(F)F)c1ccccc1[N+](=O)[O-]. The fourth-order valence-electron chi connectivity index (χ4n) is 1.20. The van der Waals surface area contributed by atoms with E-state index in [1.807, 2.05) is 0 Å². The van der Waals surface area contributed by atoms with Crippen LogP contribution >= 0.6 is 0 Å². The molecule has 0 radical (unpaired) electrons. The summed E-state index contributed by atoms with van der Waals surface area (Å²) in [4.78, 5) is 31.9. The normalized spacial score (nSPS) is 10.3. The van der Waals surface area contributed by atoms with Crippen LogP contribution in [0.4, 0.5) is 14.5 Å². The standard InChI is InChI=1S/C10H7F2NO4/c11-10(12)9(15)5-8(14)6-3-1-2-4-7(6)13(16)17/h1-4,10H,5H2. The van der Waals surface area contributed by atoms with E-state index >= 15 is 0 Å². The van der Waals surface area contributed by atoms with Gasteiger partial charge in [-0.15, -0.1) is 0 Å². The van der Waals surface area contributed by atoms with Gasteiger partial charge in [-0.3, -0.25) is 19.7 Å². The second kappa shape index (κ2) is 5.24. The lowest BCUT2D eigenvalue weighted by Gasteiger charge is -2.01. The van der Waals surface area contributed by atoms with Crippen molar-refractivity contribution in [3.05, 3.63) is 39.9 Å². The molecule has 0 heterocycles. The van der Waals surface area contributed by atoms with Crippen LogP contribution in [0.15, 0.2) is 24.3 Å². The van der Waals surface area contributed by atoms with Gasteiger partial charge < -0.3 is 0 Å². The van der Waals surface area contributed by atoms with Crippen molar-refractivity contribution in [3.8, 4) is 0 Å². The van der Waals surface area contributed by atoms with Crippen LogP contribution in [0, 0.1) is 10.1 Å². The van der Waals surface area contributed by atoms with Gasteiger partial charge in [-0.1, -0.05) is 12.1 Å². The van der Waals surface area contributed by atoms with Crippen molar-refractivity contribution in [1.29, 1.82) is 0 Å². The first-order chi connectivity index (χ1) is 7.93. The summed E-state index contributed by atoms with van der Waals surface area (Å²) < 4.78 is 23.9. The molecule has 7 heteroatoms. The van der Waals surface area contributed by atoms with Crippen molar-refractivity contribution in [2.45, 2.75) is 12.8 Å². The zero-order valence-electron chi connectivity index (χ0n) is 8.43. The summed E-state index contributed by atoms with van der Waals surface area (Å²) in [6.07, 6.45) is -4.29. The molecular formula is C10H7F2NO4. The number of rotatable bonds is 5. The Balaban J connectivity index is 2.97. The third kappa shape index (κ3) is 3.13. The predicted octanol–water partition coefficient (Wildman–Crippen LogP) is 2.00. The highest BCUT2D eigenvalue weighted by atomic mass is 19.3. The Hall–Kier alpha value is -2.18. The molecule has 0 aromatic heterocycles. The van der Waals surface area contributed by atoms with Crippen LogP contribution in [0.5, 0.6) is 0 Å². The number of halogens is 2. The van der Waals surface area contributed by atoms with Crippen molar-refractivity contribution in [3.63, 3.8) is 0 Å². The average Bonchev–Trinajstić information content (AvgIpc) is 2.28. The molecule has 0 amide bonds. The van der Waals surface area contributed by atoms with E-state index in [4.69, 9.17) is 0 Å². The van der Waals surface area contributed by atoms with Crippen LogP contribution in [0.25, 0.3) is 0 Å². The zero-order valence-corrected chi connectivity index (χ0v) is 8.43. The molecule has 90 valence electrons. The summed E-state index contributed by atoms with van der Waals surface area (Å²) in [5.74, 6) is -2.53. The molecule has 0 aliphatic heterocycles. The Bertz CT molecular complexity index is 473. The van der Waals surface area contributed by atoms with Gasteiger partial charge in [0.15, 0.2) is 5.78 Å². The van der Waals surface area contributed by atoms with E-state index in [9.17, 15) is 28.5 Å². The highest BCUT2D eigenvalue weighted by Gasteiger charge is 2.24. The van der Waals surface area contributed by atoms with E-state index in [0.29, 0.717) is 0 Å². The number of carbonyl (C=O) groups excluding carboxylic acids is 2. The number of Topliss-reactive ketones (excluding diaryl/α,β-unsaturated/α-hetero) is 2. The van der Waals surface area contributed by atoms with E-state index in [-0.39, 0.29) is 5.56 Å². The maximum atomic E-state index is 11.9. The Morgan fingerprint density at radius 2 is 1.88 bits per heavy atom. The van der Waals surface area contributed by atoms with Crippen molar-refractivity contribution in [1.82, 2.24) is 0 Å². The minimum absolute atomic E-state index is 0.341. The molecular weight excluding hydrogens is 236 g/mol. The number of nitro benzene ring substituents is 1. The van der Waals surface area contributed by atoms with E-state index in [2.05, 4.69) is 0 Å². The topological polar surface area (TPSA) is 77.3 Å². The fraction of sp³-hybridized carbons (Fsp3) is 0.200. The smallest absolute Gasteiger partial charge is 0.293 e. The van der Waals surface area contributed by atoms with Gasteiger partial charge in [-0.05, 0) is 6.07 Å². The maximum Gasteiger partial charge on any atom is 0.296 e. The molecule has 0 spiro atoms. The lowest BCUT2D eigenvalue weighted by molar-refractivity contribution is -0.385. The lowest BCUT2D eigenvalue weighted by Crippen LogP contribution is -2.16. The first kappa shape index (κ1) is 12.9. The number of ketones is 2. The van der Waals surface area contributed by atoms with Crippen LogP contribution < -0.4 is 0 Å². The Labute approximate surface area is 94.2 Å². The summed E-state index contributed by atoms with van der Waals surface area (Å²) in [6, 6.07) is 4.89. The minimum Gasteiger partial charge on any atom is -0.293 e. The van der Waals surface area contributed by atoms with Gasteiger partial charge in [0.25, 0.3) is 12.1 Å². The molecule has 0 bridgehead atoms. The van der Waals surface area contributed by atoms with Crippen molar-refractivity contribution >= 4 is 17.3 Å². The molecule has 1 rings (SSSR count). The minimum atomic E-state index is -3.25. The summed E-state index contributed by atoms with van der Waals surface area (Å²) in [7, 11) is 0. The number of carbonyl (C=O) groups is 2. The number of para-hydroxylation sites is 1. The first-order valence-electron chi connectivity index (χ1n) is 4.51. The quantitative estimate of drug-likeness (QED) is 0.343. The highest BCUT2D eigenvalue weighted by Crippen LogP contribution is 2.19. The lowest BCUT2D eigenvalue weighted by atomic mass is 10.0. The molecule has 0 unspecified atom stereocenters. The number of nitro groups is 1. The second-order valence-electron chi connectivity index (χ2n) is 3.14. The Kier molecular flexibility index (Phi) is 3.97. The molecule has 5 nitrogen and oxygen atoms in total. The monoisotopic (exact) mass is 243 g/mol. The fourth-order valence-corrected chi connectivity index (χ4v) is 1.20. The number of hydrogen-bond acceptors (Lipinski definition) is 4. The molecule has 17 heavy (non-hydrogen) atoms. The van der Waals surface area contributed by atoms with E-state index < -0.39 is 35.0 Å². The number of nitrogens with zero attached hydrogens (tertiary/aromatic N) is 1. The molecule has 0 saturated carbocycles. The molecule has 0 saturated heterocycles. The van der Waals surface area contributed by atoms with Crippen molar-refractivity contribution in [2.24, 2.45) is 0 Å². The van der Waals surface area contributed by atoms with Crippen LogP contribution in [0.2, 0.25) is 0 Å². The first-order valence-corrected chi connectivity index (χ1v) is 4.51. The number of alkyl halides is 2. The number of hydrogen-bond donors (Lipinski definition) is 0. The molecule has 0 aliphatic rings. The summed E-state index contributed by atoms with van der Waals surface area (Å²) in [5, 5.41) is 10.6. The predicted molar refractivity (Wildman–Crippen MR) is 53.1 cm³/mol. The van der Waals surface area contributed by atoms with Gasteiger partial charge in [-0.2, -0.15) is 0 Å². The van der Waals surface area contributed by atoms with Crippen LogP contribution in [-0.4, -0.2) is 22.9 Å². The van der Waals surface area contributed by atoms with Gasteiger partial charge in [0.2, 0.25) is 5.78 Å². The van der Waals surface area contributed by atoms with Gasteiger partial charge >= 0.3 is 0 Å². The second-order valence-corrected chi connectivity index (χ2v) is 3.14. The van der Waals surface area contributed by atoms with Gasteiger partial charge in [-0.25, -0.2) is 8.78 Å². The van der Waals surface area contributed by atoms with Crippen LogP contribution in [0.1, 0.15) is 16.8 Å². The molecule has 0 aliphatic carbocycles. The summed E-state index contributed by atoms with van der Waals surface area (Å²) in [5.41, 5.74) is -0.842. The van der Waals surface area contributed by atoms with Gasteiger partial charge in [0, 0.05) is 6.07 Å². The van der Waals surface area contributed by atoms with E-state index in [1.54, 1.807) is 0 Å². The van der Waals surface area contributed by atoms with Crippen molar-refractivity contribution < 1.29 is 23.3 Å². The molecule has 0 N–H and O–H groups in total. The third-order valence-electron chi connectivity index (χ3n) is 1.98. The number of benzene rings is 1. The molecule has 0 fully saturated rings. The average molecular weight is 243 g/mol. The van der Waals surface area contributed by atoms with E-state index in [0.717, 1.165) is 12.1 Å².